The Morgan fingerprint density at radius 1 is 1.23 bits per heavy atom. The SMILES string of the molecule is O=C(Cn1ncc2ccccc2c1=O)NC(c1cccs1)C1CCCC1. The molecule has 0 spiro atoms. The quantitative estimate of drug-likeness (QED) is 0.751. The lowest BCUT2D eigenvalue weighted by Crippen LogP contribution is -2.37. The fourth-order valence-electron chi connectivity index (χ4n) is 3.78. The number of fused-ring (bicyclic) bond motifs is 1. The van der Waals surface area contributed by atoms with Crippen LogP contribution in [0, 0.1) is 5.92 Å². The number of nitrogens with one attached hydrogen (secondary N) is 1. The van der Waals surface area contributed by atoms with Crippen LogP contribution in [-0.4, -0.2) is 15.7 Å². The van der Waals surface area contributed by atoms with Crippen LogP contribution in [0.3, 0.4) is 0 Å². The summed E-state index contributed by atoms with van der Waals surface area (Å²) in [5, 5.41) is 10.7. The molecule has 4 rings (SSSR count). The lowest BCUT2D eigenvalue weighted by atomic mass is 9.96. The number of thiophene rings is 1. The van der Waals surface area contributed by atoms with E-state index in [1.165, 1.54) is 22.4 Å². The molecular formula is C20H21N3O2S. The average Bonchev–Trinajstić information content (AvgIpc) is 3.36. The van der Waals surface area contributed by atoms with E-state index in [1.54, 1.807) is 23.6 Å². The number of rotatable bonds is 5. The van der Waals surface area contributed by atoms with Crippen molar-refractivity contribution in [2.75, 3.05) is 0 Å². The van der Waals surface area contributed by atoms with E-state index in [2.05, 4.69) is 16.5 Å². The lowest BCUT2D eigenvalue weighted by molar-refractivity contribution is -0.123. The second-order valence-corrected chi connectivity index (χ2v) is 7.78. The summed E-state index contributed by atoms with van der Waals surface area (Å²) in [6, 6.07) is 11.4. The number of nitrogens with zero attached hydrogens (tertiary/aromatic N) is 2. The van der Waals surface area contributed by atoms with Crippen LogP contribution < -0.4 is 10.9 Å². The minimum Gasteiger partial charge on any atom is -0.347 e. The summed E-state index contributed by atoms with van der Waals surface area (Å²) in [5.74, 6) is 0.305. The summed E-state index contributed by atoms with van der Waals surface area (Å²) in [6.07, 6.45) is 6.34. The highest BCUT2D eigenvalue weighted by Crippen LogP contribution is 2.37. The molecule has 1 amide bonds. The van der Waals surface area contributed by atoms with Crippen molar-refractivity contribution >= 4 is 28.0 Å². The number of benzene rings is 1. The number of hydrogen-bond acceptors (Lipinski definition) is 4. The van der Waals surface area contributed by atoms with E-state index < -0.39 is 0 Å². The van der Waals surface area contributed by atoms with Crippen LogP contribution in [0.15, 0.2) is 52.8 Å². The molecule has 0 saturated heterocycles. The average molecular weight is 367 g/mol. The Kier molecular flexibility index (Phi) is 4.84. The fraction of sp³-hybridized carbons (Fsp3) is 0.350. The molecule has 1 unspecified atom stereocenters. The maximum absolute atomic E-state index is 12.7. The van der Waals surface area contributed by atoms with Crippen molar-refractivity contribution < 1.29 is 4.79 Å². The second-order valence-electron chi connectivity index (χ2n) is 6.80. The van der Waals surface area contributed by atoms with E-state index in [1.807, 2.05) is 29.6 Å². The zero-order valence-corrected chi connectivity index (χ0v) is 15.2. The monoisotopic (exact) mass is 367 g/mol. The molecule has 1 saturated carbocycles. The van der Waals surface area contributed by atoms with Crippen molar-refractivity contribution in [2.24, 2.45) is 5.92 Å². The predicted octanol–water partition coefficient (Wildman–Crippen LogP) is 3.51. The zero-order valence-electron chi connectivity index (χ0n) is 14.4. The Bertz CT molecular complexity index is 959. The van der Waals surface area contributed by atoms with E-state index >= 15 is 0 Å². The first-order valence-electron chi connectivity index (χ1n) is 9.00. The maximum atomic E-state index is 12.7. The van der Waals surface area contributed by atoms with E-state index in [-0.39, 0.29) is 24.1 Å². The van der Waals surface area contributed by atoms with E-state index in [0.717, 1.165) is 18.2 Å². The first-order valence-corrected chi connectivity index (χ1v) is 9.88. The molecule has 2 aromatic heterocycles. The molecule has 0 radical (unpaired) electrons. The molecule has 1 atom stereocenters. The third kappa shape index (κ3) is 3.42. The molecule has 3 aromatic rings. The van der Waals surface area contributed by atoms with Crippen molar-refractivity contribution in [3.63, 3.8) is 0 Å². The second kappa shape index (κ2) is 7.41. The Balaban J connectivity index is 1.54. The van der Waals surface area contributed by atoms with Crippen molar-refractivity contribution in [2.45, 2.75) is 38.3 Å². The van der Waals surface area contributed by atoms with E-state index in [4.69, 9.17) is 0 Å². The third-order valence-corrected chi connectivity index (χ3v) is 6.05. The van der Waals surface area contributed by atoms with Crippen molar-refractivity contribution in [1.29, 1.82) is 0 Å². The van der Waals surface area contributed by atoms with Crippen LogP contribution in [0.1, 0.15) is 36.6 Å². The summed E-state index contributed by atoms with van der Waals surface area (Å²) < 4.78 is 1.25. The van der Waals surface area contributed by atoms with Crippen LogP contribution in [0.2, 0.25) is 0 Å². The smallest absolute Gasteiger partial charge is 0.275 e. The lowest BCUT2D eigenvalue weighted by Gasteiger charge is -2.24. The molecule has 1 aromatic carbocycles. The summed E-state index contributed by atoms with van der Waals surface area (Å²) in [6.45, 7) is -0.0573. The molecule has 0 aliphatic heterocycles. The number of aromatic nitrogens is 2. The largest absolute Gasteiger partial charge is 0.347 e. The van der Waals surface area contributed by atoms with Gasteiger partial charge in [-0.3, -0.25) is 9.59 Å². The van der Waals surface area contributed by atoms with Gasteiger partial charge in [0.05, 0.1) is 17.6 Å². The number of amides is 1. The molecule has 1 N–H and O–H groups in total. The molecule has 1 fully saturated rings. The highest BCUT2D eigenvalue weighted by atomic mass is 32.1. The van der Waals surface area contributed by atoms with Gasteiger partial charge in [0.25, 0.3) is 5.56 Å². The molecule has 6 heteroatoms. The van der Waals surface area contributed by atoms with E-state index in [0.29, 0.717) is 11.3 Å². The minimum atomic E-state index is -0.230. The Hall–Kier alpha value is -2.47. The molecule has 0 bridgehead atoms. The standard InChI is InChI=1S/C20H21N3O2S/c24-18(13-23-20(25)16-9-4-3-8-15(16)12-21-23)22-19(14-6-1-2-7-14)17-10-5-11-26-17/h3-5,8-12,14,19H,1-2,6-7,13H2,(H,22,24). The topological polar surface area (TPSA) is 64.0 Å². The molecule has 2 heterocycles. The third-order valence-electron chi connectivity index (χ3n) is 5.09. The van der Waals surface area contributed by atoms with Crippen LogP contribution in [-0.2, 0) is 11.3 Å². The predicted molar refractivity (Wildman–Crippen MR) is 103 cm³/mol. The number of carbonyl (C=O) groups excluding carboxylic acids is 1. The van der Waals surface area contributed by atoms with Gasteiger partial charge in [-0.05, 0) is 36.3 Å². The molecule has 1 aliphatic rings. The van der Waals surface area contributed by atoms with Crippen LogP contribution in [0.25, 0.3) is 10.8 Å². The number of carbonyl (C=O) groups is 1. The van der Waals surface area contributed by atoms with Crippen molar-refractivity contribution in [1.82, 2.24) is 15.1 Å². The summed E-state index contributed by atoms with van der Waals surface area (Å²) in [4.78, 5) is 26.4. The Morgan fingerprint density at radius 2 is 2.04 bits per heavy atom. The van der Waals surface area contributed by atoms with Crippen LogP contribution in [0.5, 0.6) is 0 Å². The van der Waals surface area contributed by atoms with Crippen molar-refractivity contribution in [3.05, 3.63) is 63.2 Å². The van der Waals surface area contributed by atoms with Crippen LogP contribution >= 0.6 is 11.3 Å². The minimum absolute atomic E-state index is 0.0289. The first-order chi connectivity index (χ1) is 12.7. The molecule has 5 nitrogen and oxygen atoms in total. The highest BCUT2D eigenvalue weighted by Gasteiger charge is 2.28. The maximum Gasteiger partial charge on any atom is 0.275 e. The van der Waals surface area contributed by atoms with Gasteiger partial charge < -0.3 is 5.32 Å². The first kappa shape index (κ1) is 17.0. The zero-order chi connectivity index (χ0) is 17.9. The molecule has 134 valence electrons. The molecule has 26 heavy (non-hydrogen) atoms. The van der Waals surface area contributed by atoms with Gasteiger partial charge in [0.2, 0.25) is 5.91 Å². The van der Waals surface area contributed by atoms with E-state index in [9.17, 15) is 9.59 Å². The Morgan fingerprint density at radius 3 is 2.81 bits per heavy atom. The number of hydrogen-bond donors (Lipinski definition) is 1. The fourth-order valence-corrected chi connectivity index (χ4v) is 4.65. The highest BCUT2D eigenvalue weighted by molar-refractivity contribution is 7.10. The summed E-state index contributed by atoms with van der Waals surface area (Å²) in [5.41, 5.74) is -0.230. The Labute approximate surface area is 155 Å². The van der Waals surface area contributed by atoms with Gasteiger partial charge in [0, 0.05) is 10.3 Å². The van der Waals surface area contributed by atoms with Gasteiger partial charge >= 0.3 is 0 Å². The van der Waals surface area contributed by atoms with Crippen molar-refractivity contribution in [3.8, 4) is 0 Å². The summed E-state index contributed by atoms with van der Waals surface area (Å²) >= 11 is 1.67. The van der Waals surface area contributed by atoms with Gasteiger partial charge in [-0.25, -0.2) is 4.68 Å². The van der Waals surface area contributed by atoms with Crippen LogP contribution in [0.4, 0.5) is 0 Å². The normalized spacial score (nSPS) is 16.0. The van der Waals surface area contributed by atoms with Gasteiger partial charge in [-0.2, -0.15) is 5.10 Å². The van der Waals surface area contributed by atoms with Gasteiger partial charge in [-0.15, -0.1) is 11.3 Å². The molecular weight excluding hydrogens is 346 g/mol. The van der Waals surface area contributed by atoms with Gasteiger partial charge in [0.1, 0.15) is 6.54 Å². The summed E-state index contributed by atoms with van der Waals surface area (Å²) in [7, 11) is 0. The van der Waals surface area contributed by atoms with Gasteiger partial charge in [-0.1, -0.05) is 37.1 Å². The molecule has 1 aliphatic carbocycles. The van der Waals surface area contributed by atoms with Gasteiger partial charge in [0.15, 0.2) is 0 Å².